The lowest BCUT2D eigenvalue weighted by Crippen LogP contribution is -2.48. The van der Waals surface area contributed by atoms with Gasteiger partial charge in [0.15, 0.2) is 32.2 Å². The fourth-order valence-electron chi connectivity index (χ4n) is 4.36. The van der Waals surface area contributed by atoms with Crippen LogP contribution in [-0.4, -0.2) is 44.8 Å². The van der Waals surface area contributed by atoms with Crippen LogP contribution in [0.4, 0.5) is 0 Å². The molecule has 0 amide bonds. The largest absolute Gasteiger partial charge is 0.401 e. The van der Waals surface area contributed by atoms with E-state index in [1.165, 1.54) is 0 Å². The summed E-state index contributed by atoms with van der Waals surface area (Å²) in [6.07, 6.45) is 1.20. The Morgan fingerprint density at radius 3 is 2.24 bits per heavy atom. The van der Waals surface area contributed by atoms with Gasteiger partial charge in [-0.05, 0) is 45.8 Å². The maximum absolute atomic E-state index is 7.06. The monoisotopic (exact) mass is 444 g/mol. The number of thiazole rings is 1. The van der Waals surface area contributed by atoms with Crippen molar-refractivity contribution in [2.75, 3.05) is 6.61 Å². The molecule has 4 atom stereocenters. The summed E-state index contributed by atoms with van der Waals surface area (Å²) in [5, 5.41) is 3.26. The van der Waals surface area contributed by atoms with E-state index in [0.717, 1.165) is 23.1 Å². The van der Waals surface area contributed by atoms with Gasteiger partial charge in [-0.2, -0.15) is 4.57 Å². The molecule has 0 unspecified atom stereocenters. The Labute approximate surface area is 180 Å². The van der Waals surface area contributed by atoms with Gasteiger partial charge in [0.1, 0.15) is 25.4 Å². The van der Waals surface area contributed by atoms with E-state index in [9.17, 15) is 0 Å². The van der Waals surface area contributed by atoms with Crippen LogP contribution in [0.1, 0.15) is 59.6 Å². The van der Waals surface area contributed by atoms with E-state index in [-0.39, 0.29) is 24.4 Å². The molecule has 2 saturated heterocycles. The summed E-state index contributed by atoms with van der Waals surface area (Å²) >= 11 is 1.71. The standard InChI is InChI=1S/C21H38NO5SSi/c1-9-29(10-2,11-3)27-18(19-22(8)12-13-28-19)17-16(25-21(6,7)26-17)15-14-23-20(4,5)24-15/h12-13,15-18H,9-11,14H2,1-8H3/q+1/t15-,16+,17-,18-/m0/s1. The molecule has 0 saturated carbocycles. The van der Waals surface area contributed by atoms with E-state index in [1.807, 2.05) is 27.7 Å². The van der Waals surface area contributed by atoms with Crippen molar-refractivity contribution in [2.45, 2.75) is 103 Å². The van der Waals surface area contributed by atoms with E-state index >= 15 is 0 Å². The second-order valence-electron chi connectivity index (χ2n) is 9.07. The minimum atomic E-state index is -1.89. The second kappa shape index (κ2) is 8.65. The van der Waals surface area contributed by atoms with Crippen LogP contribution in [0.2, 0.25) is 18.1 Å². The topological polar surface area (TPSA) is 50.0 Å². The van der Waals surface area contributed by atoms with Crippen LogP contribution in [0.5, 0.6) is 0 Å². The van der Waals surface area contributed by atoms with Crippen LogP contribution in [0, 0.1) is 0 Å². The predicted octanol–water partition coefficient (Wildman–Crippen LogP) is 4.31. The van der Waals surface area contributed by atoms with Crippen molar-refractivity contribution in [3.63, 3.8) is 0 Å². The summed E-state index contributed by atoms with van der Waals surface area (Å²) in [6.45, 7) is 15.1. The third kappa shape index (κ3) is 4.94. The van der Waals surface area contributed by atoms with Crippen LogP contribution in [-0.2, 0) is 30.4 Å². The summed E-state index contributed by atoms with van der Waals surface area (Å²) in [5.74, 6) is -1.30. The Hall–Kier alpha value is -0.353. The van der Waals surface area contributed by atoms with E-state index in [4.69, 9.17) is 23.4 Å². The molecule has 0 N–H and O–H groups in total. The summed E-state index contributed by atoms with van der Waals surface area (Å²) in [7, 11) is 0.188. The molecule has 3 heterocycles. The molecule has 2 fully saturated rings. The van der Waals surface area contributed by atoms with Gasteiger partial charge in [-0.3, -0.25) is 0 Å². The number of hydrogen-bond donors (Lipinski definition) is 0. The normalized spacial score (nSPS) is 30.0. The lowest BCUT2D eigenvalue weighted by molar-refractivity contribution is -0.677. The highest BCUT2D eigenvalue weighted by Gasteiger charge is 2.55. The van der Waals surface area contributed by atoms with E-state index in [0.29, 0.717) is 6.61 Å². The molecule has 0 spiro atoms. The molecule has 29 heavy (non-hydrogen) atoms. The summed E-state index contributed by atoms with van der Waals surface area (Å²) in [6, 6.07) is 3.26. The first-order chi connectivity index (χ1) is 13.6. The van der Waals surface area contributed by atoms with Gasteiger partial charge < -0.3 is 23.4 Å². The number of nitrogens with zero attached hydrogens (tertiary/aromatic N) is 1. The zero-order chi connectivity index (χ0) is 21.4. The molecule has 0 aromatic carbocycles. The van der Waals surface area contributed by atoms with Crippen molar-refractivity contribution in [2.24, 2.45) is 7.05 Å². The molecule has 8 heteroatoms. The molecule has 1 aromatic heterocycles. The first-order valence-corrected chi connectivity index (χ1v) is 14.2. The van der Waals surface area contributed by atoms with Crippen molar-refractivity contribution in [1.29, 1.82) is 0 Å². The number of hydrogen-bond acceptors (Lipinski definition) is 6. The Morgan fingerprint density at radius 1 is 1.10 bits per heavy atom. The highest BCUT2D eigenvalue weighted by Crippen LogP contribution is 2.43. The third-order valence-electron chi connectivity index (χ3n) is 6.23. The van der Waals surface area contributed by atoms with Crippen molar-refractivity contribution < 1.29 is 27.9 Å². The Morgan fingerprint density at radius 2 is 1.76 bits per heavy atom. The first-order valence-electron chi connectivity index (χ1n) is 10.8. The number of aromatic nitrogens is 1. The van der Waals surface area contributed by atoms with Crippen molar-refractivity contribution in [3.8, 4) is 0 Å². The highest BCUT2D eigenvalue weighted by atomic mass is 32.1. The molecule has 0 bridgehead atoms. The summed E-state index contributed by atoms with van der Waals surface area (Å²) in [5.41, 5.74) is 0. The van der Waals surface area contributed by atoms with E-state index in [2.05, 4.69) is 44.0 Å². The number of ether oxygens (including phenoxy) is 4. The van der Waals surface area contributed by atoms with Gasteiger partial charge in [-0.15, -0.1) is 0 Å². The van der Waals surface area contributed by atoms with Crippen LogP contribution < -0.4 is 4.57 Å². The molecule has 0 aliphatic carbocycles. The van der Waals surface area contributed by atoms with Gasteiger partial charge in [-0.25, -0.2) is 0 Å². The van der Waals surface area contributed by atoms with Crippen molar-refractivity contribution in [3.05, 3.63) is 16.6 Å². The zero-order valence-electron chi connectivity index (χ0n) is 19.2. The fraction of sp³-hybridized carbons (Fsp3) is 0.857. The summed E-state index contributed by atoms with van der Waals surface area (Å²) < 4.78 is 34.1. The van der Waals surface area contributed by atoms with Crippen molar-refractivity contribution >= 4 is 19.7 Å². The van der Waals surface area contributed by atoms with Gasteiger partial charge in [0, 0.05) is 0 Å². The maximum atomic E-state index is 7.06. The quantitative estimate of drug-likeness (QED) is 0.442. The Kier molecular flexibility index (Phi) is 6.95. The zero-order valence-corrected chi connectivity index (χ0v) is 21.0. The third-order valence-corrected chi connectivity index (χ3v) is 11.9. The van der Waals surface area contributed by atoms with Gasteiger partial charge in [-0.1, -0.05) is 32.1 Å². The fourth-order valence-corrected chi connectivity index (χ4v) is 8.16. The first kappa shape index (κ1) is 23.3. The van der Waals surface area contributed by atoms with Gasteiger partial charge in [0.2, 0.25) is 0 Å². The van der Waals surface area contributed by atoms with Crippen LogP contribution in [0.3, 0.4) is 0 Å². The molecule has 1 aromatic rings. The van der Waals surface area contributed by atoms with Crippen LogP contribution in [0.25, 0.3) is 0 Å². The number of aryl methyl sites for hydroxylation is 1. The van der Waals surface area contributed by atoms with Gasteiger partial charge in [0.05, 0.1) is 12.0 Å². The smallest absolute Gasteiger partial charge is 0.267 e. The molecule has 2 aliphatic heterocycles. The average molecular weight is 445 g/mol. The average Bonchev–Trinajstić information content (AvgIpc) is 3.33. The second-order valence-corrected chi connectivity index (χ2v) is 14.7. The molecular formula is C21H38NO5SSi+. The van der Waals surface area contributed by atoms with Crippen LogP contribution in [0.15, 0.2) is 11.6 Å². The van der Waals surface area contributed by atoms with Gasteiger partial charge >= 0.3 is 0 Å². The van der Waals surface area contributed by atoms with Crippen LogP contribution >= 0.6 is 11.3 Å². The number of rotatable bonds is 8. The van der Waals surface area contributed by atoms with E-state index in [1.54, 1.807) is 11.3 Å². The van der Waals surface area contributed by atoms with Gasteiger partial charge in [0.25, 0.3) is 5.01 Å². The highest BCUT2D eigenvalue weighted by molar-refractivity contribution is 7.09. The van der Waals surface area contributed by atoms with E-state index < -0.39 is 19.9 Å². The maximum Gasteiger partial charge on any atom is 0.267 e. The molecule has 3 rings (SSSR count). The van der Waals surface area contributed by atoms with Crippen molar-refractivity contribution in [1.82, 2.24) is 0 Å². The Balaban J connectivity index is 1.97. The molecule has 166 valence electrons. The minimum Gasteiger partial charge on any atom is -0.401 e. The lowest BCUT2D eigenvalue weighted by Gasteiger charge is -2.35. The molecule has 0 radical (unpaired) electrons. The predicted molar refractivity (Wildman–Crippen MR) is 115 cm³/mol. The molecule has 2 aliphatic rings. The lowest BCUT2D eigenvalue weighted by atomic mass is 10.0. The molecular weight excluding hydrogens is 406 g/mol. The minimum absolute atomic E-state index is 0.186. The summed E-state index contributed by atoms with van der Waals surface area (Å²) in [4.78, 5) is 0. The molecule has 6 nitrogen and oxygen atoms in total. The Bertz CT molecular complexity index is 682. The SMILES string of the molecule is CC[Si](CC)(CC)O[C@H](c1scc[n+]1C)[C@H]1OC(C)(C)O[C@@H]1[C@@H]1COC(C)(C)O1.